The summed E-state index contributed by atoms with van der Waals surface area (Å²) in [5.74, 6) is 0.629. The van der Waals surface area contributed by atoms with Crippen LogP contribution in [-0.2, 0) is 0 Å². The van der Waals surface area contributed by atoms with E-state index in [1.807, 2.05) is 0 Å². The molecule has 0 aliphatic heterocycles. The summed E-state index contributed by atoms with van der Waals surface area (Å²) in [5.41, 5.74) is 6.11. The van der Waals surface area contributed by atoms with Gasteiger partial charge in [0.05, 0.1) is 17.9 Å². The van der Waals surface area contributed by atoms with Crippen LogP contribution in [0.3, 0.4) is 0 Å². The molecule has 0 spiro atoms. The molecule has 2 rings (SSSR count). The Bertz CT molecular complexity index is 375. The third kappa shape index (κ3) is 2.01. The lowest BCUT2D eigenvalue weighted by Gasteiger charge is -2.26. The van der Waals surface area contributed by atoms with Crippen molar-refractivity contribution in [2.45, 2.75) is 25.4 Å². The molecule has 1 fully saturated rings. The molecule has 1 saturated carbocycles. The molecule has 1 aliphatic carbocycles. The van der Waals surface area contributed by atoms with Crippen molar-refractivity contribution in [1.82, 2.24) is 4.98 Å². The molecule has 0 aromatic carbocycles. The minimum Gasteiger partial charge on any atom is -0.488 e. The molecular formula is C10H13N3O2. The highest BCUT2D eigenvalue weighted by atomic mass is 16.5. The molecule has 0 atom stereocenters. The van der Waals surface area contributed by atoms with E-state index in [-0.39, 0.29) is 11.9 Å². The van der Waals surface area contributed by atoms with E-state index in [4.69, 9.17) is 15.7 Å². The fraction of sp³-hybridized carbons (Fsp3) is 0.400. The maximum absolute atomic E-state index is 8.60. The standard InChI is InChI=1S/C10H13N3O2/c11-10(13-14)8-4-5-12-6-9(8)15-7-2-1-3-7/h4-7,14H,1-3H2,(H2,11,13). The third-order valence-electron chi connectivity index (χ3n) is 2.51. The van der Waals surface area contributed by atoms with Crippen LogP contribution in [0.2, 0.25) is 0 Å². The van der Waals surface area contributed by atoms with Crippen LogP contribution in [0.5, 0.6) is 5.75 Å². The lowest BCUT2D eigenvalue weighted by atomic mass is 9.96. The number of nitrogens with zero attached hydrogens (tertiary/aromatic N) is 2. The molecule has 0 saturated heterocycles. The molecule has 0 amide bonds. The van der Waals surface area contributed by atoms with Gasteiger partial charge in [-0.2, -0.15) is 0 Å². The van der Waals surface area contributed by atoms with E-state index in [0.29, 0.717) is 11.3 Å². The molecular weight excluding hydrogens is 194 g/mol. The van der Waals surface area contributed by atoms with Crippen LogP contribution in [0.1, 0.15) is 24.8 Å². The molecule has 1 aromatic heterocycles. The van der Waals surface area contributed by atoms with Crippen molar-refractivity contribution in [3.8, 4) is 5.75 Å². The fourth-order valence-corrected chi connectivity index (χ4v) is 1.41. The number of pyridine rings is 1. The number of hydrogen-bond donors (Lipinski definition) is 2. The molecule has 0 bridgehead atoms. The van der Waals surface area contributed by atoms with Gasteiger partial charge in [0.1, 0.15) is 5.75 Å². The topological polar surface area (TPSA) is 80.7 Å². The largest absolute Gasteiger partial charge is 0.488 e. The van der Waals surface area contributed by atoms with Crippen molar-refractivity contribution in [3.63, 3.8) is 0 Å². The molecule has 1 aliphatic rings. The predicted octanol–water partition coefficient (Wildman–Crippen LogP) is 1.11. The van der Waals surface area contributed by atoms with Gasteiger partial charge in [-0.25, -0.2) is 0 Å². The molecule has 1 aromatic rings. The van der Waals surface area contributed by atoms with Gasteiger partial charge in [-0.3, -0.25) is 4.98 Å². The Kier molecular flexibility index (Phi) is 2.71. The minimum absolute atomic E-state index is 0.0479. The average Bonchev–Trinajstić information content (AvgIpc) is 2.23. The highest BCUT2D eigenvalue weighted by Gasteiger charge is 2.21. The van der Waals surface area contributed by atoms with E-state index in [0.717, 1.165) is 12.8 Å². The van der Waals surface area contributed by atoms with E-state index in [9.17, 15) is 0 Å². The van der Waals surface area contributed by atoms with E-state index in [1.165, 1.54) is 6.42 Å². The quantitative estimate of drug-likeness (QED) is 0.336. The van der Waals surface area contributed by atoms with Crippen molar-refractivity contribution in [2.75, 3.05) is 0 Å². The second-order valence-electron chi connectivity index (χ2n) is 3.53. The predicted molar refractivity (Wildman–Crippen MR) is 55.0 cm³/mol. The minimum atomic E-state index is 0.0479. The number of hydrogen-bond acceptors (Lipinski definition) is 4. The summed E-state index contributed by atoms with van der Waals surface area (Å²) in [4.78, 5) is 3.96. The lowest BCUT2D eigenvalue weighted by molar-refractivity contribution is 0.119. The van der Waals surface area contributed by atoms with Gasteiger partial charge in [-0.1, -0.05) is 5.16 Å². The summed E-state index contributed by atoms with van der Waals surface area (Å²) in [6.07, 6.45) is 6.74. The Morgan fingerprint density at radius 2 is 2.40 bits per heavy atom. The maximum Gasteiger partial charge on any atom is 0.173 e. The van der Waals surface area contributed by atoms with Crippen LogP contribution in [-0.4, -0.2) is 22.1 Å². The molecule has 0 radical (unpaired) electrons. The summed E-state index contributed by atoms with van der Waals surface area (Å²) in [5, 5.41) is 11.6. The van der Waals surface area contributed by atoms with Crippen LogP contribution < -0.4 is 10.5 Å². The number of aromatic nitrogens is 1. The fourth-order valence-electron chi connectivity index (χ4n) is 1.41. The third-order valence-corrected chi connectivity index (χ3v) is 2.51. The molecule has 0 unspecified atom stereocenters. The first-order valence-corrected chi connectivity index (χ1v) is 4.90. The first-order chi connectivity index (χ1) is 7.31. The first kappa shape index (κ1) is 9.76. The van der Waals surface area contributed by atoms with Crippen molar-refractivity contribution < 1.29 is 9.94 Å². The Hall–Kier alpha value is -1.78. The Morgan fingerprint density at radius 3 is 3.00 bits per heavy atom. The second-order valence-corrected chi connectivity index (χ2v) is 3.53. The number of nitrogens with two attached hydrogens (primary N) is 1. The van der Waals surface area contributed by atoms with Gasteiger partial charge in [0, 0.05) is 6.20 Å². The van der Waals surface area contributed by atoms with E-state index >= 15 is 0 Å². The summed E-state index contributed by atoms with van der Waals surface area (Å²) in [7, 11) is 0. The zero-order valence-electron chi connectivity index (χ0n) is 8.26. The van der Waals surface area contributed by atoms with E-state index in [2.05, 4.69) is 10.1 Å². The molecule has 5 heteroatoms. The van der Waals surface area contributed by atoms with Gasteiger partial charge in [-0.15, -0.1) is 0 Å². The van der Waals surface area contributed by atoms with Crippen molar-refractivity contribution in [3.05, 3.63) is 24.0 Å². The Morgan fingerprint density at radius 1 is 1.60 bits per heavy atom. The highest BCUT2D eigenvalue weighted by molar-refractivity contribution is 5.99. The van der Waals surface area contributed by atoms with E-state index < -0.39 is 0 Å². The Balaban J connectivity index is 2.20. The second kappa shape index (κ2) is 4.16. The first-order valence-electron chi connectivity index (χ1n) is 4.90. The molecule has 15 heavy (non-hydrogen) atoms. The van der Waals surface area contributed by atoms with Crippen LogP contribution in [0.4, 0.5) is 0 Å². The molecule has 5 nitrogen and oxygen atoms in total. The van der Waals surface area contributed by atoms with Crippen molar-refractivity contribution in [2.24, 2.45) is 10.9 Å². The molecule has 1 heterocycles. The number of amidine groups is 1. The monoisotopic (exact) mass is 207 g/mol. The smallest absolute Gasteiger partial charge is 0.173 e. The van der Waals surface area contributed by atoms with Gasteiger partial charge >= 0.3 is 0 Å². The van der Waals surface area contributed by atoms with E-state index in [1.54, 1.807) is 18.5 Å². The highest BCUT2D eigenvalue weighted by Crippen LogP contribution is 2.26. The van der Waals surface area contributed by atoms with Gasteiger partial charge in [0.25, 0.3) is 0 Å². The van der Waals surface area contributed by atoms with Crippen LogP contribution in [0.15, 0.2) is 23.6 Å². The Labute approximate surface area is 87.6 Å². The normalized spacial score (nSPS) is 17.2. The summed E-state index contributed by atoms with van der Waals surface area (Å²) in [6, 6.07) is 1.67. The average molecular weight is 207 g/mol. The summed E-state index contributed by atoms with van der Waals surface area (Å²) < 4.78 is 5.67. The van der Waals surface area contributed by atoms with Crippen molar-refractivity contribution >= 4 is 5.84 Å². The summed E-state index contributed by atoms with van der Waals surface area (Å²) >= 11 is 0. The van der Waals surface area contributed by atoms with Crippen LogP contribution in [0.25, 0.3) is 0 Å². The molecule has 80 valence electrons. The summed E-state index contributed by atoms with van der Waals surface area (Å²) in [6.45, 7) is 0. The zero-order valence-corrected chi connectivity index (χ0v) is 8.26. The van der Waals surface area contributed by atoms with Crippen molar-refractivity contribution in [1.29, 1.82) is 0 Å². The maximum atomic E-state index is 8.60. The van der Waals surface area contributed by atoms with Crippen LogP contribution >= 0.6 is 0 Å². The van der Waals surface area contributed by atoms with Gasteiger partial charge in [0.2, 0.25) is 0 Å². The number of ether oxygens (including phenoxy) is 1. The van der Waals surface area contributed by atoms with Gasteiger partial charge in [-0.05, 0) is 25.3 Å². The van der Waals surface area contributed by atoms with Gasteiger partial charge < -0.3 is 15.7 Å². The molecule has 3 N–H and O–H groups in total. The lowest BCUT2D eigenvalue weighted by Crippen LogP contribution is -2.26. The number of rotatable bonds is 3. The zero-order chi connectivity index (χ0) is 10.7. The number of oxime groups is 1. The van der Waals surface area contributed by atoms with Gasteiger partial charge in [0.15, 0.2) is 5.84 Å². The SMILES string of the molecule is N/C(=N/O)c1ccncc1OC1CCC1. The van der Waals surface area contributed by atoms with Crippen LogP contribution in [0, 0.1) is 0 Å².